The first-order chi connectivity index (χ1) is 13.1. The Bertz CT molecular complexity index is 741. The molecule has 0 heterocycles. The average Bonchev–Trinajstić information content (AvgIpc) is 2.69. The van der Waals surface area contributed by atoms with Crippen molar-refractivity contribution in [1.29, 1.82) is 0 Å². The van der Waals surface area contributed by atoms with Crippen LogP contribution in [0.1, 0.15) is 65.3 Å². The normalized spacial score (nSPS) is 10.3. The third-order valence-electron chi connectivity index (χ3n) is 4.31. The van der Waals surface area contributed by atoms with Crippen LogP contribution in [0.5, 0.6) is 5.75 Å². The predicted octanol–water partition coefficient (Wildman–Crippen LogP) is 4.42. The Labute approximate surface area is 161 Å². The maximum absolute atomic E-state index is 12.2. The maximum atomic E-state index is 12.2. The van der Waals surface area contributed by atoms with Crippen LogP contribution in [0.15, 0.2) is 48.5 Å². The summed E-state index contributed by atoms with van der Waals surface area (Å²) >= 11 is 0. The van der Waals surface area contributed by atoms with E-state index >= 15 is 0 Å². The van der Waals surface area contributed by atoms with Gasteiger partial charge >= 0.3 is 0 Å². The zero-order valence-electron chi connectivity index (χ0n) is 16.1. The minimum Gasteiger partial charge on any atom is -0.494 e. The summed E-state index contributed by atoms with van der Waals surface area (Å²) in [5, 5.41) is 0. The molecule has 0 spiro atoms. The van der Waals surface area contributed by atoms with E-state index in [1.807, 2.05) is 19.1 Å². The number of benzene rings is 2. The Balaban J connectivity index is 1.76. The number of rotatable bonds is 9. The molecule has 0 fully saturated rings. The van der Waals surface area contributed by atoms with E-state index in [9.17, 15) is 9.59 Å². The highest BCUT2D eigenvalue weighted by molar-refractivity contribution is 5.99. The summed E-state index contributed by atoms with van der Waals surface area (Å²) in [5.41, 5.74) is 6.71. The van der Waals surface area contributed by atoms with Gasteiger partial charge in [-0.15, -0.1) is 0 Å². The minimum atomic E-state index is -0.372. The molecule has 2 amide bonds. The molecule has 0 aromatic heterocycles. The molecule has 0 aliphatic heterocycles. The van der Waals surface area contributed by atoms with Crippen LogP contribution in [-0.4, -0.2) is 18.4 Å². The van der Waals surface area contributed by atoms with Gasteiger partial charge in [0.1, 0.15) is 5.75 Å². The van der Waals surface area contributed by atoms with Crippen molar-refractivity contribution >= 4 is 11.8 Å². The standard InChI is InChI=1S/C22H28N2O3/c1-3-4-5-6-9-16-27-19-14-12-18(13-15-19)21(25)23-24-22(26)20-11-8-7-10-17(20)2/h7-8,10-15H,3-6,9,16H2,1-2H3,(H,23,25)(H,24,26). The Kier molecular flexibility index (Phi) is 8.36. The molecule has 0 unspecified atom stereocenters. The number of hydrogen-bond acceptors (Lipinski definition) is 3. The quantitative estimate of drug-likeness (QED) is 0.509. The third kappa shape index (κ3) is 6.77. The summed E-state index contributed by atoms with van der Waals surface area (Å²) < 4.78 is 5.69. The van der Waals surface area contributed by atoms with Crippen LogP contribution in [0.25, 0.3) is 0 Å². The summed E-state index contributed by atoms with van der Waals surface area (Å²) in [4.78, 5) is 24.3. The monoisotopic (exact) mass is 368 g/mol. The number of hydrazine groups is 1. The van der Waals surface area contributed by atoms with Crippen molar-refractivity contribution in [1.82, 2.24) is 10.9 Å². The molecule has 0 aliphatic rings. The molecular formula is C22H28N2O3. The highest BCUT2D eigenvalue weighted by atomic mass is 16.5. The Morgan fingerprint density at radius 1 is 0.852 bits per heavy atom. The topological polar surface area (TPSA) is 67.4 Å². The Morgan fingerprint density at radius 2 is 1.52 bits per heavy atom. The molecule has 0 radical (unpaired) electrons. The van der Waals surface area contributed by atoms with E-state index in [1.165, 1.54) is 25.7 Å². The fourth-order valence-corrected chi connectivity index (χ4v) is 2.68. The van der Waals surface area contributed by atoms with Gasteiger partial charge in [0.05, 0.1) is 6.61 Å². The minimum absolute atomic E-state index is 0.343. The van der Waals surface area contributed by atoms with Crippen LogP contribution in [0.3, 0.4) is 0 Å². The number of carbonyl (C=O) groups is 2. The second kappa shape index (κ2) is 11.0. The third-order valence-corrected chi connectivity index (χ3v) is 4.31. The van der Waals surface area contributed by atoms with E-state index in [2.05, 4.69) is 17.8 Å². The zero-order valence-corrected chi connectivity index (χ0v) is 16.1. The van der Waals surface area contributed by atoms with Gasteiger partial charge in [0.25, 0.3) is 11.8 Å². The molecular weight excluding hydrogens is 340 g/mol. The summed E-state index contributed by atoms with van der Waals surface area (Å²) in [6.07, 6.45) is 5.95. The largest absolute Gasteiger partial charge is 0.494 e. The van der Waals surface area contributed by atoms with E-state index < -0.39 is 0 Å². The SMILES string of the molecule is CCCCCCCOc1ccc(C(=O)NNC(=O)c2ccccc2C)cc1. The number of aryl methyl sites for hydroxylation is 1. The lowest BCUT2D eigenvalue weighted by Crippen LogP contribution is -2.41. The van der Waals surface area contributed by atoms with E-state index in [0.717, 1.165) is 17.7 Å². The van der Waals surface area contributed by atoms with Crippen LogP contribution < -0.4 is 15.6 Å². The summed E-state index contributed by atoms with van der Waals surface area (Å²) in [6, 6.07) is 14.1. The first-order valence-electron chi connectivity index (χ1n) is 9.51. The summed E-state index contributed by atoms with van der Waals surface area (Å²) in [7, 11) is 0. The zero-order chi connectivity index (χ0) is 19.5. The number of ether oxygens (including phenoxy) is 1. The molecule has 27 heavy (non-hydrogen) atoms. The van der Waals surface area contributed by atoms with Gasteiger partial charge in [0.2, 0.25) is 0 Å². The lowest BCUT2D eigenvalue weighted by molar-refractivity contribution is 0.0846. The molecule has 0 saturated heterocycles. The molecule has 0 bridgehead atoms. The number of hydrogen-bond donors (Lipinski definition) is 2. The van der Waals surface area contributed by atoms with Gasteiger partial charge in [-0.1, -0.05) is 50.8 Å². The van der Waals surface area contributed by atoms with Crippen LogP contribution in [0.4, 0.5) is 0 Å². The molecule has 2 aromatic carbocycles. The Morgan fingerprint density at radius 3 is 2.22 bits per heavy atom. The number of nitrogens with one attached hydrogen (secondary N) is 2. The van der Waals surface area contributed by atoms with Crippen LogP contribution in [-0.2, 0) is 0 Å². The number of carbonyl (C=O) groups excluding carboxylic acids is 2. The molecule has 5 nitrogen and oxygen atoms in total. The van der Waals surface area contributed by atoms with E-state index in [0.29, 0.717) is 17.7 Å². The van der Waals surface area contributed by atoms with Gasteiger partial charge in [-0.05, 0) is 49.2 Å². The van der Waals surface area contributed by atoms with Crippen molar-refractivity contribution in [2.24, 2.45) is 0 Å². The van der Waals surface area contributed by atoms with E-state index in [4.69, 9.17) is 4.74 Å². The van der Waals surface area contributed by atoms with Crippen molar-refractivity contribution in [2.75, 3.05) is 6.61 Å². The van der Waals surface area contributed by atoms with E-state index in [1.54, 1.807) is 36.4 Å². The highest BCUT2D eigenvalue weighted by Gasteiger charge is 2.10. The average molecular weight is 368 g/mol. The molecule has 0 saturated carbocycles. The van der Waals surface area contributed by atoms with Gasteiger partial charge in [0, 0.05) is 11.1 Å². The summed E-state index contributed by atoms with van der Waals surface area (Å²) in [5.74, 6) is 0.0264. The van der Waals surface area contributed by atoms with Crippen molar-refractivity contribution < 1.29 is 14.3 Å². The fourth-order valence-electron chi connectivity index (χ4n) is 2.68. The maximum Gasteiger partial charge on any atom is 0.269 e. The van der Waals surface area contributed by atoms with Gasteiger partial charge in [-0.3, -0.25) is 20.4 Å². The molecule has 0 atom stereocenters. The smallest absolute Gasteiger partial charge is 0.269 e. The highest BCUT2D eigenvalue weighted by Crippen LogP contribution is 2.13. The van der Waals surface area contributed by atoms with Crippen molar-refractivity contribution in [3.63, 3.8) is 0 Å². The van der Waals surface area contributed by atoms with Crippen LogP contribution >= 0.6 is 0 Å². The molecule has 2 rings (SSSR count). The molecule has 2 N–H and O–H groups in total. The van der Waals surface area contributed by atoms with Gasteiger partial charge in [0.15, 0.2) is 0 Å². The van der Waals surface area contributed by atoms with Crippen molar-refractivity contribution in [3.05, 3.63) is 65.2 Å². The van der Waals surface area contributed by atoms with Crippen LogP contribution in [0, 0.1) is 6.92 Å². The van der Waals surface area contributed by atoms with Gasteiger partial charge in [-0.25, -0.2) is 0 Å². The van der Waals surface area contributed by atoms with E-state index in [-0.39, 0.29) is 11.8 Å². The molecule has 5 heteroatoms. The second-order valence-electron chi connectivity index (χ2n) is 6.51. The molecule has 144 valence electrons. The van der Waals surface area contributed by atoms with Gasteiger partial charge in [-0.2, -0.15) is 0 Å². The Hall–Kier alpha value is -2.82. The first-order valence-corrected chi connectivity index (χ1v) is 9.51. The molecule has 2 aromatic rings. The molecule has 0 aliphatic carbocycles. The van der Waals surface area contributed by atoms with Crippen molar-refractivity contribution in [2.45, 2.75) is 46.0 Å². The fraction of sp³-hybridized carbons (Fsp3) is 0.364. The van der Waals surface area contributed by atoms with Crippen molar-refractivity contribution in [3.8, 4) is 5.75 Å². The number of amides is 2. The van der Waals surface area contributed by atoms with Crippen LogP contribution in [0.2, 0.25) is 0 Å². The lowest BCUT2D eigenvalue weighted by atomic mass is 10.1. The summed E-state index contributed by atoms with van der Waals surface area (Å²) in [6.45, 7) is 4.73. The second-order valence-corrected chi connectivity index (χ2v) is 6.51. The lowest BCUT2D eigenvalue weighted by Gasteiger charge is -2.10. The van der Waals surface area contributed by atoms with Gasteiger partial charge < -0.3 is 4.74 Å². The predicted molar refractivity (Wildman–Crippen MR) is 107 cm³/mol. The number of unbranched alkanes of at least 4 members (excludes halogenated alkanes) is 4. The first kappa shape index (κ1) is 20.5.